The number of anilines is 2. The highest BCUT2D eigenvalue weighted by Gasteiger charge is 2.42. The summed E-state index contributed by atoms with van der Waals surface area (Å²) in [5.41, 5.74) is 3.96. The lowest BCUT2D eigenvalue weighted by atomic mass is 9.91. The molecule has 7 rings (SSSR count). The zero-order valence-electron chi connectivity index (χ0n) is 23.5. The number of hydrogen-bond acceptors (Lipinski definition) is 7. The van der Waals surface area contributed by atoms with E-state index in [1.807, 2.05) is 0 Å². The fraction of sp³-hybridized carbons (Fsp3) is 0.355. The third-order valence-electron chi connectivity index (χ3n) is 9.20. The van der Waals surface area contributed by atoms with E-state index in [2.05, 4.69) is 27.1 Å². The van der Waals surface area contributed by atoms with Crippen LogP contribution in [-0.2, 0) is 13.5 Å². The van der Waals surface area contributed by atoms with Crippen molar-refractivity contribution in [2.24, 2.45) is 13.0 Å². The highest BCUT2D eigenvalue weighted by atomic mass is 19.2. The Kier molecular flexibility index (Phi) is 6.05. The Morgan fingerprint density at radius 1 is 1.10 bits per heavy atom. The molecular formula is C31H30F2N6O3. The van der Waals surface area contributed by atoms with E-state index in [-0.39, 0.29) is 22.6 Å². The van der Waals surface area contributed by atoms with Gasteiger partial charge in [0, 0.05) is 92.2 Å². The van der Waals surface area contributed by atoms with Crippen LogP contribution in [-0.4, -0.2) is 70.3 Å². The molecule has 11 heteroatoms. The molecule has 2 unspecified atom stereocenters. The molecule has 5 heterocycles. The van der Waals surface area contributed by atoms with E-state index in [4.69, 9.17) is 4.98 Å². The van der Waals surface area contributed by atoms with Gasteiger partial charge in [0.15, 0.2) is 11.6 Å². The molecule has 9 nitrogen and oxygen atoms in total. The van der Waals surface area contributed by atoms with E-state index < -0.39 is 23.0 Å². The number of carboxylic acids is 1. The number of hydrogen-bond donors (Lipinski definition) is 2. The Morgan fingerprint density at radius 2 is 1.90 bits per heavy atom. The first-order valence-electron chi connectivity index (χ1n) is 14.1. The van der Waals surface area contributed by atoms with Crippen LogP contribution >= 0.6 is 0 Å². The third-order valence-corrected chi connectivity index (χ3v) is 9.20. The van der Waals surface area contributed by atoms with Crippen molar-refractivity contribution in [1.82, 2.24) is 19.4 Å². The van der Waals surface area contributed by atoms with Crippen LogP contribution in [0, 0.1) is 17.6 Å². The monoisotopic (exact) mass is 572 g/mol. The van der Waals surface area contributed by atoms with E-state index in [1.54, 1.807) is 32.6 Å². The predicted molar refractivity (Wildman–Crippen MR) is 156 cm³/mol. The molecule has 3 aromatic heterocycles. The third kappa shape index (κ3) is 3.83. The Hall–Kier alpha value is -4.38. The summed E-state index contributed by atoms with van der Waals surface area (Å²) in [6, 6.07) is 3.03. The lowest BCUT2D eigenvalue weighted by Gasteiger charge is -2.38. The molecule has 0 amide bonds. The molecule has 0 bridgehead atoms. The number of fused-ring (bicyclic) bond motifs is 5. The van der Waals surface area contributed by atoms with Gasteiger partial charge >= 0.3 is 5.97 Å². The van der Waals surface area contributed by atoms with Crippen LogP contribution in [0.25, 0.3) is 33.3 Å². The summed E-state index contributed by atoms with van der Waals surface area (Å²) < 4.78 is 32.2. The maximum absolute atomic E-state index is 15.7. The number of likely N-dealkylation sites (tertiary alicyclic amines) is 1. The summed E-state index contributed by atoms with van der Waals surface area (Å²) in [5.74, 6) is -2.73. The van der Waals surface area contributed by atoms with Crippen molar-refractivity contribution in [1.29, 1.82) is 0 Å². The number of halogens is 2. The molecule has 2 atom stereocenters. The number of benzene rings is 1. The van der Waals surface area contributed by atoms with Gasteiger partial charge in [0.25, 0.3) is 0 Å². The zero-order chi connectivity index (χ0) is 29.4. The van der Waals surface area contributed by atoms with E-state index in [9.17, 15) is 19.1 Å². The highest BCUT2D eigenvalue weighted by Crippen LogP contribution is 2.52. The molecule has 0 spiro atoms. The van der Waals surface area contributed by atoms with E-state index in [0.29, 0.717) is 51.6 Å². The number of pyridine rings is 3. The largest absolute Gasteiger partial charge is 0.477 e. The number of carboxylic acid groups (broad SMARTS) is 1. The zero-order valence-corrected chi connectivity index (χ0v) is 23.5. The maximum atomic E-state index is 15.7. The van der Waals surface area contributed by atoms with Crippen molar-refractivity contribution < 1.29 is 18.7 Å². The summed E-state index contributed by atoms with van der Waals surface area (Å²) in [6.07, 6.45) is 6.87. The van der Waals surface area contributed by atoms with Crippen molar-refractivity contribution in [3.05, 3.63) is 69.4 Å². The average Bonchev–Trinajstić information content (AvgIpc) is 3.57. The summed E-state index contributed by atoms with van der Waals surface area (Å²) in [7, 11) is 5.45. The molecule has 2 aliphatic heterocycles. The summed E-state index contributed by atoms with van der Waals surface area (Å²) in [5, 5.41) is 12.8. The fourth-order valence-corrected chi connectivity index (χ4v) is 7.25. The quantitative estimate of drug-likeness (QED) is 0.332. The van der Waals surface area contributed by atoms with Crippen LogP contribution in [0.15, 0.2) is 35.5 Å². The molecule has 2 fully saturated rings. The number of nitrogens with one attached hydrogen (secondary N) is 1. The van der Waals surface area contributed by atoms with Gasteiger partial charge in [0.2, 0.25) is 5.43 Å². The molecule has 2 saturated heterocycles. The van der Waals surface area contributed by atoms with Crippen molar-refractivity contribution in [2.45, 2.75) is 25.3 Å². The molecule has 0 radical (unpaired) electrons. The first-order valence-corrected chi connectivity index (χ1v) is 14.1. The first kappa shape index (κ1) is 26.5. The minimum Gasteiger partial charge on any atom is -0.477 e. The Morgan fingerprint density at radius 3 is 2.67 bits per heavy atom. The average molecular weight is 573 g/mol. The second kappa shape index (κ2) is 9.59. The fourth-order valence-electron chi connectivity index (χ4n) is 7.25. The molecule has 2 N–H and O–H groups in total. The molecule has 0 saturated carbocycles. The topological polar surface area (TPSA) is 104 Å². The van der Waals surface area contributed by atoms with Gasteiger partial charge in [0.05, 0.1) is 16.8 Å². The van der Waals surface area contributed by atoms with Crippen molar-refractivity contribution in [3.63, 3.8) is 0 Å². The Labute approximate surface area is 240 Å². The standard InChI is InChI=1S/C31H30F2N6O3/c1-34-22-10-21(32)27(33)25-17(22)9-23-26(25)28(39-7-4-15-13-37(2)6-5-24(15)39)19(12-35-23)16-8-18-29(40)20(31(41)42)14-38(3)30(18)36-11-16/h8,10-12,14-15,24,34H,4-7,9,13H2,1-3H3,(H,41,42). The first-order chi connectivity index (χ1) is 20.2. The van der Waals surface area contributed by atoms with Crippen LogP contribution in [0.5, 0.6) is 0 Å². The Bertz CT molecular complexity index is 1870. The smallest absolute Gasteiger partial charge is 0.341 e. The van der Waals surface area contributed by atoms with Gasteiger partial charge in [0.1, 0.15) is 11.2 Å². The number of aromatic carboxylic acids is 1. The molecule has 1 aromatic carbocycles. The maximum Gasteiger partial charge on any atom is 0.341 e. The van der Waals surface area contributed by atoms with Crippen molar-refractivity contribution >= 4 is 28.4 Å². The molecule has 216 valence electrons. The number of aromatic nitrogens is 3. The summed E-state index contributed by atoms with van der Waals surface area (Å²) in [6.45, 7) is 2.62. The molecule has 3 aliphatic rings. The number of nitrogens with zero attached hydrogens (tertiary/aromatic N) is 5. The van der Waals surface area contributed by atoms with E-state index in [1.165, 1.54) is 16.8 Å². The van der Waals surface area contributed by atoms with Gasteiger partial charge in [-0.2, -0.15) is 0 Å². The number of piperidine rings is 1. The number of carbonyl (C=O) groups is 1. The van der Waals surface area contributed by atoms with E-state index in [0.717, 1.165) is 38.2 Å². The van der Waals surface area contributed by atoms with Gasteiger partial charge in [-0.05, 0) is 44.0 Å². The minimum atomic E-state index is -1.32. The number of rotatable bonds is 4. The van der Waals surface area contributed by atoms with Crippen LogP contribution in [0.1, 0.15) is 34.5 Å². The van der Waals surface area contributed by atoms with Crippen LogP contribution in [0.4, 0.5) is 20.2 Å². The van der Waals surface area contributed by atoms with Gasteiger partial charge in [-0.15, -0.1) is 0 Å². The second-order valence-corrected chi connectivity index (χ2v) is 11.6. The van der Waals surface area contributed by atoms with Gasteiger partial charge in [-0.1, -0.05) is 0 Å². The van der Waals surface area contributed by atoms with Gasteiger partial charge < -0.3 is 24.8 Å². The Balaban J connectivity index is 1.51. The lowest BCUT2D eigenvalue weighted by Crippen LogP contribution is -2.44. The summed E-state index contributed by atoms with van der Waals surface area (Å²) in [4.78, 5) is 38.9. The van der Waals surface area contributed by atoms with Crippen LogP contribution < -0.4 is 15.6 Å². The van der Waals surface area contributed by atoms with Crippen molar-refractivity contribution in [2.75, 3.05) is 43.9 Å². The van der Waals surface area contributed by atoms with Crippen LogP contribution in [0.2, 0.25) is 0 Å². The molecule has 4 aromatic rings. The van der Waals surface area contributed by atoms with E-state index >= 15 is 4.39 Å². The lowest BCUT2D eigenvalue weighted by molar-refractivity contribution is 0.0695. The van der Waals surface area contributed by atoms with Crippen molar-refractivity contribution in [3.8, 4) is 22.3 Å². The highest BCUT2D eigenvalue weighted by molar-refractivity contribution is 5.98. The normalized spacial score (nSPS) is 19.6. The van der Waals surface area contributed by atoms with Gasteiger partial charge in [-0.3, -0.25) is 9.78 Å². The second-order valence-electron chi connectivity index (χ2n) is 11.6. The van der Waals surface area contributed by atoms with Gasteiger partial charge in [-0.25, -0.2) is 18.6 Å². The summed E-state index contributed by atoms with van der Waals surface area (Å²) >= 11 is 0. The minimum absolute atomic E-state index is 0.162. The predicted octanol–water partition coefficient (Wildman–Crippen LogP) is 4.12. The SMILES string of the molecule is CNc1cc(F)c(F)c2c1Cc1ncc(-c3cnc4c(c3)c(=O)c(C(=O)O)cn4C)c(N3CCC4CN(C)CCC43)c1-2. The number of aryl methyl sites for hydroxylation is 1. The molecular weight excluding hydrogens is 542 g/mol. The molecule has 42 heavy (non-hydrogen) atoms. The molecule has 1 aliphatic carbocycles. The van der Waals surface area contributed by atoms with Crippen LogP contribution in [0.3, 0.4) is 0 Å².